The van der Waals surface area contributed by atoms with Crippen molar-refractivity contribution in [2.45, 2.75) is 43.9 Å². The molecule has 1 fully saturated rings. The van der Waals surface area contributed by atoms with Crippen molar-refractivity contribution in [2.24, 2.45) is 0 Å². The summed E-state index contributed by atoms with van der Waals surface area (Å²) >= 11 is 0. The number of carbonyl (C=O) groups is 1. The monoisotopic (exact) mass is 405 g/mol. The SMILES string of the molecule is CNC(C)CNC(=O)c1cccc(S(=O)(=O)N2CC(C)OC(C)C2)c1.Cl. The molecule has 0 spiro atoms. The molecule has 2 rings (SSSR count). The minimum Gasteiger partial charge on any atom is -0.373 e. The number of ether oxygens (including phenoxy) is 1. The van der Waals surface area contributed by atoms with Gasteiger partial charge in [-0.15, -0.1) is 12.4 Å². The molecule has 9 heteroatoms. The molecule has 0 aromatic heterocycles. The van der Waals surface area contributed by atoms with E-state index in [0.29, 0.717) is 25.2 Å². The maximum absolute atomic E-state index is 12.9. The Balaban J connectivity index is 0.00000338. The van der Waals surface area contributed by atoms with Gasteiger partial charge < -0.3 is 15.4 Å². The summed E-state index contributed by atoms with van der Waals surface area (Å²) < 4.78 is 32.8. The van der Waals surface area contributed by atoms with Crippen LogP contribution in [-0.4, -0.2) is 63.6 Å². The maximum atomic E-state index is 12.9. The van der Waals surface area contributed by atoms with Crippen LogP contribution in [0, 0.1) is 0 Å². The molecule has 1 aromatic rings. The highest BCUT2D eigenvalue weighted by Gasteiger charge is 2.32. The zero-order valence-electron chi connectivity index (χ0n) is 15.6. The number of nitrogens with zero attached hydrogens (tertiary/aromatic N) is 1. The van der Waals surface area contributed by atoms with E-state index in [1.54, 1.807) is 12.1 Å². The van der Waals surface area contributed by atoms with Gasteiger partial charge in [0.25, 0.3) is 5.91 Å². The molecule has 3 unspecified atom stereocenters. The summed E-state index contributed by atoms with van der Waals surface area (Å²) in [4.78, 5) is 12.4. The number of morpholine rings is 1. The molecule has 1 aliphatic rings. The van der Waals surface area contributed by atoms with Gasteiger partial charge in [-0.05, 0) is 46.0 Å². The summed E-state index contributed by atoms with van der Waals surface area (Å²) in [6.07, 6.45) is -0.318. The van der Waals surface area contributed by atoms with E-state index in [4.69, 9.17) is 4.74 Å². The first-order chi connectivity index (χ1) is 11.7. The number of amides is 1. The van der Waals surface area contributed by atoms with Crippen LogP contribution in [-0.2, 0) is 14.8 Å². The Morgan fingerprint density at radius 1 is 1.31 bits per heavy atom. The Bertz CT molecular complexity index is 704. The molecule has 0 saturated carbocycles. The molecule has 2 N–H and O–H groups in total. The number of likely N-dealkylation sites (N-methyl/N-ethyl adjacent to an activating group) is 1. The first-order valence-corrected chi connectivity index (χ1v) is 9.89. The number of nitrogens with one attached hydrogen (secondary N) is 2. The number of halogens is 1. The lowest BCUT2D eigenvalue weighted by molar-refractivity contribution is -0.0440. The fourth-order valence-corrected chi connectivity index (χ4v) is 4.36. The van der Waals surface area contributed by atoms with Crippen LogP contribution in [0.1, 0.15) is 31.1 Å². The van der Waals surface area contributed by atoms with Crippen molar-refractivity contribution in [1.29, 1.82) is 0 Å². The van der Waals surface area contributed by atoms with Crippen LogP contribution in [0.4, 0.5) is 0 Å². The Kier molecular flexibility index (Phi) is 8.49. The number of benzene rings is 1. The highest BCUT2D eigenvalue weighted by molar-refractivity contribution is 7.89. The number of hydrogen-bond acceptors (Lipinski definition) is 5. The highest BCUT2D eigenvalue weighted by atomic mass is 35.5. The molecule has 1 amide bonds. The van der Waals surface area contributed by atoms with E-state index in [9.17, 15) is 13.2 Å². The van der Waals surface area contributed by atoms with Crippen molar-refractivity contribution in [3.63, 3.8) is 0 Å². The number of sulfonamides is 1. The van der Waals surface area contributed by atoms with Gasteiger partial charge in [-0.2, -0.15) is 4.31 Å². The zero-order valence-corrected chi connectivity index (χ0v) is 17.2. The largest absolute Gasteiger partial charge is 0.373 e. The van der Waals surface area contributed by atoms with E-state index < -0.39 is 10.0 Å². The van der Waals surface area contributed by atoms with Crippen LogP contribution in [0.15, 0.2) is 29.2 Å². The molecule has 0 radical (unpaired) electrons. The van der Waals surface area contributed by atoms with Crippen LogP contribution >= 0.6 is 12.4 Å². The molecule has 7 nitrogen and oxygen atoms in total. The second kappa shape index (κ2) is 9.66. The first-order valence-electron chi connectivity index (χ1n) is 8.45. The lowest BCUT2D eigenvalue weighted by Crippen LogP contribution is -2.48. The molecule has 3 atom stereocenters. The van der Waals surface area contributed by atoms with E-state index in [2.05, 4.69) is 10.6 Å². The molecule has 0 bridgehead atoms. The standard InChI is InChI=1S/C17H27N3O4S.ClH/c1-12(18-4)9-19-17(21)15-6-5-7-16(8-15)25(22,23)20-10-13(2)24-14(3)11-20;/h5-8,12-14,18H,9-11H2,1-4H3,(H,19,21);1H. The van der Waals surface area contributed by atoms with Crippen LogP contribution in [0.2, 0.25) is 0 Å². The molecule has 0 aliphatic carbocycles. The van der Waals surface area contributed by atoms with E-state index in [0.717, 1.165) is 0 Å². The quantitative estimate of drug-likeness (QED) is 0.743. The predicted molar refractivity (Wildman–Crippen MR) is 103 cm³/mol. The third-order valence-corrected chi connectivity index (χ3v) is 6.01. The summed E-state index contributed by atoms with van der Waals surface area (Å²) in [6, 6.07) is 6.29. The van der Waals surface area contributed by atoms with Crippen molar-refractivity contribution in [3.05, 3.63) is 29.8 Å². The fourth-order valence-electron chi connectivity index (χ4n) is 2.72. The van der Waals surface area contributed by atoms with E-state index in [-0.39, 0.29) is 41.5 Å². The Morgan fingerprint density at radius 2 is 1.92 bits per heavy atom. The molecule has 1 aliphatic heterocycles. The van der Waals surface area contributed by atoms with Crippen molar-refractivity contribution < 1.29 is 17.9 Å². The summed E-state index contributed by atoms with van der Waals surface area (Å²) in [5, 5.41) is 5.82. The number of carbonyl (C=O) groups excluding carboxylic acids is 1. The normalized spacial score (nSPS) is 22.3. The average Bonchev–Trinajstić information content (AvgIpc) is 2.58. The number of hydrogen-bond donors (Lipinski definition) is 2. The van der Waals surface area contributed by atoms with Crippen LogP contribution in [0.25, 0.3) is 0 Å². The molecule has 1 saturated heterocycles. The van der Waals surface area contributed by atoms with Crippen molar-refractivity contribution in [2.75, 3.05) is 26.7 Å². The van der Waals surface area contributed by atoms with Gasteiger partial charge in [0.2, 0.25) is 10.0 Å². The molecule has 148 valence electrons. The van der Waals surface area contributed by atoms with E-state index in [1.165, 1.54) is 16.4 Å². The van der Waals surface area contributed by atoms with Gasteiger partial charge >= 0.3 is 0 Å². The minimum atomic E-state index is -3.66. The van der Waals surface area contributed by atoms with Gasteiger partial charge in [-0.25, -0.2) is 8.42 Å². The highest BCUT2D eigenvalue weighted by Crippen LogP contribution is 2.21. The summed E-state index contributed by atoms with van der Waals surface area (Å²) in [6.45, 7) is 6.73. The van der Waals surface area contributed by atoms with Crippen LogP contribution in [0.5, 0.6) is 0 Å². The van der Waals surface area contributed by atoms with Crippen LogP contribution < -0.4 is 10.6 Å². The minimum absolute atomic E-state index is 0. The number of rotatable bonds is 6. The molecular formula is C17H28ClN3O4S. The summed E-state index contributed by atoms with van der Waals surface area (Å²) in [5.41, 5.74) is 0.332. The third-order valence-electron chi connectivity index (χ3n) is 4.18. The van der Waals surface area contributed by atoms with Gasteiger partial charge in [0.1, 0.15) is 0 Å². The lowest BCUT2D eigenvalue weighted by Gasteiger charge is -2.34. The van der Waals surface area contributed by atoms with Crippen molar-refractivity contribution in [3.8, 4) is 0 Å². The third kappa shape index (κ3) is 5.65. The second-order valence-corrected chi connectivity index (χ2v) is 8.44. The Hall–Kier alpha value is -1.19. The molecule has 1 aromatic carbocycles. The predicted octanol–water partition coefficient (Wildman–Crippen LogP) is 1.24. The van der Waals surface area contributed by atoms with Gasteiger partial charge in [0.15, 0.2) is 0 Å². The van der Waals surface area contributed by atoms with Gasteiger partial charge in [0, 0.05) is 31.2 Å². The smallest absolute Gasteiger partial charge is 0.251 e. The first kappa shape index (κ1) is 22.9. The second-order valence-electron chi connectivity index (χ2n) is 6.51. The van der Waals surface area contributed by atoms with Gasteiger partial charge in [0.05, 0.1) is 17.1 Å². The lowest BCUT2D eigenvalue weighted by atomic mass is 10.2. The van der Waals surface area contributed by atoms with Crippen molar-refractivity contribution in [1.82, 2.24) is 14.9 Å². The maximum Gasteiger partial charge on any atom is 0.251 e. The van der Waals surface area contributed by atoms with Crippen molar-refractivity contribution >= 4 is 28.3 Å². The summed E-state index contributed by atoms with van der Waals surface area (Å²) in [7, 11) is -1.85. The zero-order chi connectivity index (χ0) is 18.6. The summed E-state index contributed by atoms with van der Waals surface area (Å²) in [5.74, 6) is -0.289. The van der Waals surface area contributed by atoms with E-state index >= 15 is 0 Å². The molecule has 26 heavy (non-hydrogen) atoms. The molecule has 1 heterocycles. The van der Waals surface area contributed by atoms with E-state index in [1.807, 2.05) is 27.8 Å². The molecular weight excluding hydrogens is 378 g/mol. The Morgan fingerprint density at radius 3 is 2.50 bits per heavy atom. The average molecular weight is 406 g/mol. The Labute approximate surface area is 161 Å². The van der Waals surface area contributed by atoms with Gasteiger partial charge in [-0.3, -0.25) is 4.79 Å². The topological polar surface area (TPSA) is 87.7 Å². The van der Waals surface area contributed by atoms with Crippen LogP contribution in [0.3, 0.4) is 0 Å². The fraction of sp³-hybridized carbons (Fsp3) is 0.588. The van der Waals surface area contributed by atoms with Gasteiger partial charge in [-0.1, -0.05) is 6.07 Å².